The Morgan fingerprint density at radius 3 is 1.66 bits per heavy atom. The van der Waals surface area contributed by atoms with Crippen molar-refractivity contribution in [2.24, 2.45) is 0 Å². The molecule has 0 unspecified atom stereocenters. The van der Waals surface area contributed by atoms with E-state index in [0.29, 0.717) is 23.2 Å². The van der Waals surface area contributed by atoms with Gasteiger partial charge in [0.15, 0.2) is 0 Å². The van der Waals surface area contributed by atoms with E-state index in [1.165, 1.54) is 67.3 Å². The van der Waals surface area contributed by atoms with Gasteiger partial charge in [-0.2, -0.15) is 0 Å². The number of halogens is 1. The Balaban J connectivity index is 0.000000201. The van der Waals surface area contributed by atoms with Gasteiger partial charge in [-0.1, -0.05) is 11.6 Å². The molecule has 41 heavy (non-hydrogen) atoms. The number of aromatic nitrogens is 4. The van der Waals surface area contributed by atoms with Crippen molar-refractivity contribution in [3.05, 3.63) is 123 Å². The van der Waals surface area contributed by atoms with Crippen molar-refractivity contribution < 1.29 is 24.4 Å². The van der Waals surface area contributed by atoms with Crippen LogP contribution in [0.1, 0.15) is 0 Å². The highest BCUT2D eigenvalue weighted by molar-refractivity contribution is 6.29. The highest BCUT2D eigenvalue weighted by Gasteiger charge is 2.08. The van der Waals surface area contributed by atoms with Crippen molar-refractivity contribution in [2.75, 3.05) is 5.32 Å². The minimum Gasteiger partial charge on any atom is -0.508 e. The summed E-state index contributed by atoms with van der Waals surface area (Å²) < 4.78 is 10.9. The first-order valence-corrected chi connectivity index (χ1v) is 11.8. The predicted molar refractivity (Wildman–Crippen MR) is 147 cm³/mol. The van der Waals surface area contributed by atoms with Crippen LogP contribution in [0.4, 0.5) is 22.9 Å². The fourth-order valence-corrected chi connectivity index (χ4v) is 3.18. The summed E-state index contributed by atoms with van der Waals surface area (Å²) in [4.78, 5) is 35.7. The van der Waals surface area contributed by atoms with E-state index in [1.807, 2.05) is 0 Å². The van der Waals surface area contributed by atoms with Gasteiger partial charge in [-0.25, -0.2) is 19.9 Å². The van der Waals surface area contributed by atoms with Crippen LogP contribution in [0.2, 0.25) is 5.15 Å². The molecule has 0 aliphatic rings. The standard InChI is InChI=1S/C16H12N4O4.C10H6ClN3O3/c21-13-5-1-11(2-6-13)19-15-9-16(18-10-17-15)24-14-7-3-12(4-8-14)20(22)23;11-9-5-10(13-6-12-9)17-8-3-1-7(2-4-8)14(15)16/h1-10,21H,(H,17,18,19);1-6H. The summed E-state index contributed by atoms with van der Waals surface area (Å²) in [6, 6.07) is 20.9. The van der Waals surface area contributed by atoms with Gasteiger partial charge in [0.1, 0.15) is 40.9 Å². The third-order valence-electron chi connectivity index (χ3n) is 4.93. The molecule has 2 N–H and O–H groups in total. The zero-order chi connectivity index (χ0) is 29.2. The van der Waals surface area contributed by atoms with E-state index in [2.05, 4.69) is 25.3 Å². The maximum Gasteiger partial charge on any atom is 0.269 e. The summed E-state index contributed by atoms with van der Waals surface area (Å²) in [5.41, 5.74) is 0.727. The van der Waals surface area contributed by atoms with E-state index in [0.717, 1.165) is 5.69 Å². The monoisotopic (exact) mass is 575 g/mol. The van der Waals surface area contributed by atoms with Crippen molar-refractivity contribution in [1.82, 2.24) is 19.9 Å². The second-order valence-electron chi connectivity index (χ2n) is 7.80. The number of non-ortho nitro benzene ring substituents is 2. The van der Waals surface area contributed by atoms with Crippen LogP contribution in [0.3, 0.4) is 0 Å². The Morgan fingerprint density at radius 2 is 1.17 bits per heavy atom. The van der Waals surface area contributed by atoms with Crippen LogP contribution in [0.25, 0.3) is 0 Å². The first kappa shape index (κ1) is 28.1. The average Bonchev–Trinajstić information content (AvgIpc) is 2.95. The lowest BCUT2D eigenvalue weighted by Crippen LogP contribution is -1.96. The predicted octanol–water partition coefficient (Wildman–Crippen LogP) is 6.46. The van der Waals surface area contributed by atoms with Crippen molar-refractivity contribution in [2.45, 2.75) is 0 Å². The number of nitro groups is 2. The van der Waals surface area contributed by atoms with Crippen molar-refractivity contribution in [3.63, 3.8) is 0 Å². The molecule has 5 aromatic rings. The van der Waals surface area contributed by atoms with E-state index in [1.54, 1.807) is 30.3 Å². The molecule has 2 aromatic heterocycles. The Labute approximate surface area is 236 Å². The molecule has 0 saturated heterocycles. The van der Waals surface area contributed by atoms with E-state index < -0.39 is 9.85 Å². The van der Waals surface area contributed by atoms with Crippen LogP contribution >= 0.6 is 11.6 Å². The number of anilines is 2. The number of aromatic hydroxyl groups is 1. The molecule has 0 atom stereocenters. The lowest BCUT2D eigenvalue weighted by Gasteiger charge is -2.08. The molecule has 3 aromatic carbocycles. The van der Waals surface area contributed by atoms with Crippen LogP contribution in [0.15, 0.2) is 97.6 Å². The Hall–Kier alpha value is -5.89. The summed E-state index contributed by atoms with van der Waals surface area (Å²) in [6.07, 6.45) is 2.60. The molecule has 0 fully saturated rings. The Bertz CT molecular complexity index is 1640. The molecule has 14 nitrogen and oxygen atoms in total. The Kier molecular flexibility index (Phi) is 9.09. The van der Waals surface area contributed by atoms with E-state index in [-0.39, 0.29) is 28.2 Å². The number of rotatable bonds is 8. The van der Waals surface area contributed by atoms with Gasteiger partial charge in [0.05, 0.1) is 9.85 Å². The molecular weight excluding hydrogens is 558 g/mol. The number of ether oxygens (including phenoxy) is 2. The van der Waals surface area contributed by atoms with Gasteiger partial charge < -0.3 is 19.9 Å². The van der Waals surface area contributed by atoms with Crippen molar-refractivity contribution >= 4 is 34.5 Å². The second kappa shape index (κ2) is 13.3. The van der Waals surface area contributed by atoms with Crippen LogP contribution in [0.5, 0.6) is 29.0 Å². The average molecular weight is 576 g/mol. The van der Waals surface area contributed by atoms with E-state index >= 15 is 0 Å². The highest BCUT2D eigenvalue weighted by Crippen LogP contribution is 2.25. The smallest absolute Gasteiger partial charge is 0.269 e. The molecule has 0 radical (unpaired) electrons. The van der Waals surface area contributed by atoms with Crippen LogP contribution < -0.4 is 14.8 Å². The van der Waals surface area contributed by atoms with Crippen LogP contribution in [0, 0.1) is 20.2 Å². The molecule has 15 heteroatoms. The molecule has 0 aliphatic heterocycles. The summed E-state index contributed by atoms with van der Waals surface area (Å²) in [7, 11) is 0. The van der Waals surface area contributed by atoms with Gasteiger partial charge in [-0.15, -0.1) is 0 Å². The molecule has 0 spiro atoms. The summed E-state index contributed by atoms with van der Waals surface area (Å²) in [5.74, 6) is 2.11. The maximum absolute atomic E-state index is 10.6. The van der Waals surface area contributed by atoms with Gasteiger partial charge in [-0.3, -0.25) is 20.2 Å². The van der Waals surface area contributed by atoms with Gasteiger partial charge in [0, 0.05) is 42.1 Å². The highest BCUT2D eigenvalue weighted by atomic mass is 35.5. The summed E-state index contributed by atoms with van der Waals surface area (Å²) in [5, 5.41) is 33.7. The molecule has 0 amide bonds. The van der Waals surface area contributed by atoms with Gasteiger partial charge in [0.25, 0.3) is 11.4 Å². The number of nitrogens with one attached hydrogen (secondary N) is 1. The summed E-state index contributed by atoms with van der Waals surface area (Å²) >= 11 is 5.66. The third kappa shape index (κ3) is 8.56. The zero-order valence-electron chi connectivity index (χ0n) is 20.7. The second-order valence-corrected chi connectivity index (χ2v) is 8.19. The van der Waals surface area contributed by atoms with E-state index in [4.69, 9.17) is 21.1 Å². The number of nitro benzene ring substituents is 2. The molecule has 5 rings (SSSR count). The number of phenolic OH excluding ortho intramolecular Hbond substituents is 1. The van der Waals surface area contributed by atoms with Crippen molar-refractivity contribution in [3.8, 4) is 29.0 Å². The minimum absolute atomic E-state index is 0.00179. The lowest BCUT2D eigenvalue weighted by molar-refractivity contribution is -0.385. The zero-order valence-corrected chi connectivity index (χ0v) is 21.5. The molecule has 0 aliphatic carbocycles. The minimum atomic E-state index is -0.481. The van der Waals surface area contributed by atoms with Gasteiger partial charge in [0.2, 0.25) is 11.8 Å². The molecular formula is C26H18ClN7O7. The quantitative estimate of drug-likeness (QED) is 0.0890. The molecule has 206 valence electrons. The van der Waals surface area contributed by atoms with Gasteiger partial charge >= 0.3 is 0 Å². The fourth-order valence-electron chi connectivity index (χ4n) is 3.04. The number of benzene rings is 3. The summed E-state index contributed by atoms with van der Waals surface area (Å²) in [6.45, 7) is 0. The van der Waals surface area contributed by atoms with Crippen LogP contribution in [-0.4, -0.2) is 34.9 Å². The van der Waals surface area contributed by atoms with Crippen molar-refractivity contribution in [1.29, 1.82) is 0 Å². The molecule has 0 bridgehead atoms. The number of hydrogen-bond donors (Lipinski definition) is 2. The van der Waals surface area contributed by atoms with Crippen LogP contribution in [-0.2, 0) is 0 Å². The Morgan fingerprint density at radius 1 is 0.683 bits per heavy atom. The maximum atomic E-state index is 10.6. The topological polar surface area (TPSA) is 189 Å². The number of phenols is 1. The number of hydrogen-bond acceptors (Lipinski definition) is 12. The number of nitrogens with zero attached hydrogens (tertiary/aromatic N) is 6. The first-order valence-electron chi connectivity index (χ1n) is 11.5. The lowest BCUT2D eigenvalue weighted by atomic mass is 10.3. The SMILES string of the molecule is O=[N+]([O-])c1ccc(Oc2cc(Cl)ncn2)cc1.O=[N+]([O-])c1ccc(Oc2cc(Nc3ccc(O)cc3)ncn2)cc1. The molecule has 0 saturated carbocycles. The largest absolute Gasteiger partial charge is 0.508 e. The molecule has 2 heterocycles. The van der Waals surface area contributed by atoms with E-state index in [9.17, 15) is 25.3 Å². The normalized spacial score (nSPS) is 10.1. The van der Waals surface area contributed by atoms with Gasteiger partial charge in [-0.05, 0) is 48.5 Å². The first-order chi connectivity index (χ1) is 19.7. The third-order valence-corrected chi connectivity index (χ3v) is 5.14. The fraction of sp³-hybridized carbons (Fsp3) is 0.